The molecule has 2 rings (SSSR count). The number of rotatable bonds is 3. The van der Waals surface area contributed by atoms with E-state index >= 15 is 0 Å². The lowest BCUT2D eigenvalue weighted by atomic mass is 10.1. The van der Waals surface area contributed by atoms with Crippen LogP contribution in [0.1, 0.15) is 18.6 Å². The maximum absolute atomic E-state index is 9.56. The lowest BCUT2D eigenvalue weighted by molar-refractivity contribution is 0.198. The van der Waals surface area contributed by atoms with Gasteiger partial charge in [0, 0.05) is 20.0 Å². The molecule has 2 aromatic rings. The van der Waals surface area contributed by atoms with E-state index in [9.17, 15) is 5.11 Å². The number of hydrogen-bond acceptors (Lipinski definition) is 3. The zero-order valence-corrected chi connectivity index (χ0v) is 13.6. The monoisotopic (exact) mass is 387 g/mol. The van der Waals surface area contributed by atoms with E-state index in [0.29, 0.717) is 0 Å². The van der Waals surface area contributed by atoms with Gasteiger partial charge in [-0.15, -0.1) is 0 Å². The van der Waals surface area contributed by atoms with Gasteiger partial charge in [0.1, 0.15) is 5.03 Å². The average Bonchev–Trinajstić information content (AvgIpc) is 2.32. The molecule has 0 bridgehead atoms. The fraction of sp³-hybridized carbons (Fsp3) is 0.154. The van der Waals surface area contributed by atoms with Crippen LogP contribution >= 0.6 is 43.6 Å². The summed E-state index contributed by atoms with van der Waals surface area (Å²) in [5.74, 6) is 0. The normalized spacial score (nSPS) is 12.4. The summed E-state index contributed by atoms with van der Waals surface area (Å²) in [5.41, 5.74) is 0.892. The van der Waals surface area contributed by atoms with Crippen molar-refractivity contribution in [1.82, 2.24) is 4.98 Å². The summed E-state index contributed by atoms with van der Waals surface area (Å²) in [6.45, 7) is 1.75. The van der Waals surface area contributed by atoms with Gasteiger partial charge in [-0.3, -0.25) is 0 Å². The Bertz CT molecular complexity index is 543. The molecule has 0 saturated heterocycles. The minimum atomic E-state index is -0.468. The Morgan fingerprint density at radius 3 is 2.56 bits per heavy atom. The first-order valence-corrected chi connectivity index (χ1v) is 7.73. The van der Waals surface area contributed by atoms with Crippen molar-refractivity contribution in [3.8, 4) is 0 Å². The molecule has 1 aromatic heterocycles. The Labute approximate surface area is 127 Å². The van der Waals surface area contributed by atoms with Gasteiger partial charge in [0.05, 0.1) is 6.10 Å². The molecule has 0 fully saturated rings. The van der Waals surface area contributed by atoms with Crippen LogP contribution in [0.25, 0.3) is 0 Å². The molecule has 1 heterocycles. The minimum absolute atomic E-state index is 0.468. The number of hydrogen-bond donors (Lipinski definition) is 1. The van der Waals surface area contributed by atoms with Gasteiger partial charge in [0.15, 0.2) is 0 Å². The van der Waals surface area contributed by atoms with E-state index in [4.69, 9.17) is 0 Å². The van der Waals surface area contributed by atoms with Gasteiger partial charge in [-0.2, -0.15) is 0 Å². The molecule has 0 amide bonds. The van der Waals surface area contributed by atoms with E-state index < -0.39 is 6.10 Å². The van der Waals surface area contributed by atoms with Gasteiger partial charge in [-0.25, -0.2) is 4.98 Å². The van der Waals surface area contributed by atoms with Crippen molar-refractivity contribution in [2.45, 2.75) is 22.9 Å². The molecule has 0 aliphatic heterocycles. The predicted molar refractivity (Wildman–Crippen MR) is 80.8 cm³/mol. The number of aromatic nitrogens is 1. The predicted octanol–water partition coefficient (Wildman–Crippen LogP) is 4.81. The molecule has 0 unspecified atom stereocenters. The molecular weight excluding hydrogens is 378 g/mol. The molecule has 5 heteroatoms. The third-order valence-corrected chi connectivity index (χ3v) is 4.44. The van der Waals surface area contributed by atoms with E-state index in [-0.39, 0.29) is 0 Å². The van der Waals surface area contributed by atoms with Gasteiger partial charge < -0.3 is 5.11 Å². The van der Waals surface area contributed by atoms with Crippen LogP contribution in [0.3, 0.4) is 0 Å². The van der Waals surface area contributed by atoms with Crippen molar-refractivity contribution in [1.29, 1.82) is 0 Å². The Balaban J connectivity index is 2.20. The zero-order chi connectivity index (χ0) is 13.1. The summed E-state index contributed by atoms with van der Waals surface area (Å²) < 4.78 is 1.89. The second kappa shape index (κ2) is 6.19. The van der Waals surface area contributed by atoms with E-state index in [2.05, 4.69) is 36.8 Å². The second-order valence-corrected chi connectivity index (χ2v) is 6.64. The summed E-state index contributed by atoms with van der Waals surface area (Å²) in [4.78, 5) is 5.40. The maximum Gasteiger partial charge on any atom is 0.101 e. The van der Waals surface area contributed by atoms with Crippen LogP contribution < -0.4 is 0 Å². The van der Waals surface area contributed by atoms with Crippen LogP contribution in [0, 0.1) is 0 Å². The number of aliphatic hydroxyl groups excluding tert-OH is 1. The smallest absolute Gasteiger partial charge is 0.101 e. The van der Waals surface area contributed by atoms with E-state index in [1.165, 1.54) is 0 Å². The Kier molecular flexibility index (Phi) is 4.84. The highest BCUT2D eigenvalue weighted by Gasteiger charge is 2.07. The van der Waals surface area contributed by atoms with Gasteiger partial charge in [-0.05, 0) is 52.7 Å². The topological polar surface area (TPSA) is 33.1 Å². The van der Waals surface area contributed by atoms with Crippen molar-refractivity contribution in [3.63, 3.8) is 0 Å². The van der Waals surface area contributed by atoms with Crippen LogP contribution in [0.15, 0.2) is 55.4 Å². The Morgan fingerprint density at radius 2 is 2.00 bits per heavy atom. The van der Waals surface area contributed by atoms with E-state index in [1.54, 1.807) is 24.9 Å². The molecule has 0 aliphatic carbocycles. The molecule has 94 valence electrons. The third-order valence-electron chi connectivity index (χ3n) is 2.34. The molecule has 0 aliphatic rings. The third kappa shape index (κ3) is 3.57. The Hall–Kier alpha value is -0.360. The lowest BCUT2D eigenvalue weighted by Gasteiger charge is -2.09. The van der Waals surface area contributed by atoms with Crippen LogP contribution in [-0.2, 0) is 0 Å². The summed E-state index contributed by atoms with van der Waals surface area (Å²) >= 11 is 8.42. The van der Waals surface area contributed by atoms with Crippen molar-refractivity contribution in [2.24, 2.45) is 0 Å². The summed E-state index contributed by atoms with van der Waals surface area (Å²) in [7, 11) is 0. The first-order valence-electron chi connectivity index (χ1n) is 5.33. The maximum atomic E-state index is 9.56. The molecular formula is C13H11Br2NOS. The Morgan fingerprint density at radius 1 is 1.22 bits per heavy atom. The summed E-state index contributed by atoms with van der Waals surface area (Å²) in [5, 5.41) is 10.5. The van der Waals surface area contributed by atoms with Gasteiger partial charge in [-0.1, -0.05) is 33.8 Å². The fourth-order valence-corrected chi connectivity index (χ4v) is 3.35. The molecule has 1 N–H and O–H groups in total. The zero-order valence-electron chi connectivity index (χ0n) is 9.60. The largest absolute Gasteiger partial charge is 0.389 e. The minimum Gasteiger partial charge on any atom is -0.389 e. The van der Waals surface area contributed by atoms with Crippen LogP contribution in [0.2, 0.25) is 0 Å². The van der Waals surface area contributed by atoms with Crippen molar-refractivity contribution < 1.29 is 5.11 Å². The van der Waals surface area contributed by atoms with Crippen molar-refractivity contribution in [3.05, 3.63) is 51.0 Å². The average molecular weight is 389 g/mol. The number of pyridine rings is 1. The molecule has 1 atom stereocenters. The molecule has 18 heavy (non-hydrogen) atoms. The summed E-state index contributed by atoms with van der Waals surface area (Å²) in [6, 6.07) is 9.84. The van der Waals surface area contributed by atoms with Crippen molar-refractivity contribution in [2.75, 3.05) is 0 Å². The van der Waals surface area contributed by atoms with Crippen molar-refractivity contribution >= 4 is 43.6 Å². The van der Waals surface area contributed by atoms with Crippen LogP contribution in [0.4, 0.5) is 0 Å². The standard InChI is InChI=1S/C13H11Br2NOS/c1-8(17)11-4-3-10(6-12(11)15)18-13-5-2-9(14)7-16-13/h2-8,17H,1H3/t8-/m1/s1. The summed E-state index contributed by atoms with van der Waals surface area (Å²) in [6.07, 6.45) is 1.31. The number of aliphatic hydroxyl groups is 1. The fourth-order valence-electron chi connectivity index (χ4n) is 1.45. The molecule has 1 aromatic carbocycles. The first-order chi connectivity index (χ1) is 8.56. The second-order valence-electron chi connectivity index (χ2n) is 3.78. The number of nitrogens with zero attached hydrogens (tertiary/aromatic N) is 1. The SMILES string of the molecule is C[C@@H](O)c1ccc(Sc2ccc(Br)cn2)cc1Br. The quantitative estimate of drug-likeness (QED) is 0.818. The molecule has 0 saturated carbocycles. The highest BCUT2D eigenvalue weighted by Crippen LogP contribution is 2.32. The van der Waals surface area contributed by atoms with Gasteiger partial charge in [0.25, 0.3) is 0 Å². The van der Waals surface area contributed by atoms with Crippen LogP contribution in [0.5, 0.6) is 0 Å². The first kappa shape index (κ1) is 14.1. The number of halogens is 2. The lowest BCUT2D eigenvalue weighted by Crippen LogP contribution is -1.92. The van der Waals surface area contributed by atoms with Crippen LogP contribution in [-0.4, -0.2) is 10.1 Å². The molecule has 0 radical (unpaired) electrons. The van der Waals surface area contributed by atoms with Gasteiger partial charge in [0.2, 0.25) is 0 Å². The number of benzene rings is 1. The van der Waals surface area contributed by atoms with Gasteiger partial charge >= 0.3 is 0 Å². The molecule has 2 nitrogen and oxygen atoms in total. The highest BCUT2D eigenvalue weighted by molar-refractivity contribution is 9.10. The highest BCUT2D eigenvalue weighted by atomic mass is 79.9. The van der Waals surface area contributed by atoms with E-state index in [1.807, 2.05) is 30.3 Å². The molecule has 0 spiro atoms. The van der Waals surface area contributed by atoms with E-state index in [0.717, 1.165) is 24.4 Å².